The molecule has 2 aliphatic rings. The van der Waals surface area contributed by atoms with Crippen molar-refractivity contribution >= 4 is 44.4 Å². The van der Waals surface area contributed by atoms with E-state index in [4.69, 9.17) is 5.73 Å². The lowest BCUT2D eigenvalue weighted by molar-refractivity contribution is 0.0631. The number of carbonyl (C=O) groups is 1. The Morgan fingerprint density at radius 2 is 1.92 bits per heavy atom. The van der Waals surface area contributed by atoms with Crippen molar-refractivity contribution in [2.45, 2.75) is 25.8 Å². The number of thioether (sulfide) groups is 1. The fourth-order valence-electron chi connectivity index (χ4n) is 3.90. The van der Waals surface area contributed by atoms with Crippen LogP contribution in [-0.4, -0.2) is 64.4 Å². The predicted molar refractivity (Wildman–Crippen MR) is 107 cm³/mol. The van der Waals surface area contributed by atoms with Crippen molar-refractivity contribution in [3.63, 3.8) is 0 Å². The number of carbonyl (C=O) groups excluding carboxylic acids is 1. The van der Waals surface area contributed by atoms with Crippen molar-refractivity contribution in [3.8, 4) is 0 Å². The second kappa shape index (κ2) is 7.13. The van der Waals surface area contributed by atoms with Gasteiger partial charge in [0.1, 0.15) is 0 Å². The summed E-state index contributed by atoms with van der Waals surface area (Å²) >= 11 is 3.50. The molecule has 0 radical (unpaired) electrons. The quantitative estimate of drug-likeness (QED) is 0.873. The molecule has 2 fully saturated rings. The highest BCUT2D eigenvalue weighted by atomic mass is 32.2. The molecule has 134 valence electrons. The molecule has 4 rings (SSSR count). The van der Waals surface area contributed by atoms with Gasteiger partial charge in [0.15, 0.2) is 5.13 Å². The molecule has 7 heteroatoms. The van der Waals surface area contributed by atoms with Gasteiger partial charge < -0.3 is 10.6 Å². The number of nitrogen functional groups attached to an aromatic ring is 1. The average Bonchev–Trinajstić information content (AvgIpc) is 3.03. The van der Waals surface area contributed by atoms with Crippen molar-refractivity contribution in [2.24, 2.45) is 0 Å². The Balaban J connectivity index is 1.45. The van der Waals surface area contributed by atoms with E-state index in [0.717, 1.165) is 47.3 Å². The number of benzene rings is 1. The summed E-state index contributed by atoms with van der Waals surface area (Å²) in [6, 6.07) is 4.56. The molecule has 25 heavy (non-hydrogen) atoms. The van der Waals surface area contributed by atoms with Crippen LogP contribution in [0.1, 0.15) is 28.8 Å². The number of aromatic nitrogens is 1. The molecule has 1 aromatic carbocycles. The van der Waals surface area contributed by atoms with E-state index in [1.165, 1.54) is 35.9 Å². The van der Waals surface area contributed by atoms with Crippen molar-refractivity contribution in [1.82, 2.24) is 14.8 Å². The van der Waals surface area contributed by atoms with E-state index in [1.54, 1.807) is 0 Å². The second-order valence-corrected chi connectivity index (χ2v) is 9.15. The molecule has 0 unspecified atom stereocenters. The zero-order chi connectivity index (χ0) is 17.4. The summed E-state index contributed by atoms with van der Waals surface area (Å²) < 4.78 is 1.00. The normalized spacial score (nSPS) is 20.3. The first-order chi connectivity index (χ1) is 12.1. The molecule has 0 saturated carbocycles. The van der Waals surface area contributed by atoms with Gasteiger partial charge in [0, 0.05) is 49.3 Å². The molecule has 0 atom stereocenters. The number of hydrogen-bond acceptors (Lipinski definition) is 6. The third-order valence-corrected chi connectivity index (χ3v) is 7.04. The van der Waals surface area contributed by atoms with Gasteiger partial charge in [-0.15, -0.1) is 0 Å². The number of piperidine rings is 1. The summed E-state index contributed by atoms with van der Waals surface area (Å²) in [5.41, 5.74) is 8.53. The molecule has 0 bridgehead atoms. The Kier molecular flexibility index (Phi) is 4.88. The van der Waals surface area contributed by atoms with Gasteiger partial charge in [-0.1, -0.05) is 11.3 Å². The zero-order valence-electron chi connectivity index (χ0n) is 14.5. The van der Waals surface area contributed by atoms with Crippen molar-refractivity contribution in [1.29, 1.82) is 0 Å². The SMILES string of the molecule is Cc1cc(C(=O)N2CCC(N3CCSCC3)CC2)cc2sc(N)nc12. The lowest BCUT2D eigenvalue weighted by Gasteiger charge is -2.40. The summed E-state index contributed by atoms with van der Waals surface area (Å²) in [5.74, 6) is 2.64. The van der Waals surface area contributed by atoms with Crippen molar-refractivity contribution in [3.05, 3.63) is 23.3 Å². The summed E-state index contributed by atoms with van der Waals surface area (Å²) in [6.45, 7) is 6.11. The largest absolute Gasteiger partial charge is 0.375 e. The number of aryl methyl sites for hydroxylation is 1. The van der Waals surface area contributed by atoms with E-state index >= 15 is 0 Å². The smallest absolute Gasteiger partial charge is 0.253 e. The van der Waals surface area contributed by atoms with E-state index in [-0.39, 0.29) is 5.91 Å². The van der Waals surface area contributed by atoms with Gasteiger partial charge in [0.25, 0.3) is 5.91 Å². The van der Waals surface area contributed by atoms with Gasteiger partial charge >= 0.3 is 0 Å². The van der Waals surface area contributed by atoms with Crippen LogP contribution >= 0.6 is 23.1 Å². The lowest BCUT2D eigenvalue weighted by atomic mass is 10.0. The summed E-state index contributed by atoms with van der Waals surface area (Å²) in [4.78, 5) is 21.9. The molecule has 2 aromatic rings. The minimum absolute atomic E-state index is 0.143. The average molecular weight is 377 g/mol. The number of thiazole rings is 1. The van der Waals surface area contributed by atoms with Crippen LogP contribution in [-0.2, 0) is 0 Å². The maximum atomic E-state index is 12.9. The first-order valence-electron chi connectivity index (χ1n) is 8.89. The van der Waals surface area contributed by atoms with Crippen LogP contribution in [0.5, 0.6) is 0 Å². The molecular weight excluding hydrogens is 352 g/mol. The molecule has 3 heterocycles. The van der Waals surface area contributed by atoms with E-state index in [1.807, 2.05) is 24.0 Å². The van der Waals surface area contributed by atoms with Crippen LogP contribution in [0.2, 0.25) is 0 Å². The van der Waals surface area contributed by atoms with Crippen LogP contribution < -0.4 is 5.73 Å². The molecular formula is C18H24N4OS2. The van der Waals surface area contributed by atoms with Crippen LogP contribution in [0.25, 0.3) is 10.2 Å². The van der Waals surface area contributed by atoms with Gasteiger partial charge in [-0.05, 0) is 37.5 Å². The first kappa shape index (κ1) is 17.1. The summed E-state index contributed by atoms with van der Waals surface area (Å²) in [6.07, 6.45) is 2.18. The lowest BCUT2D eigenvalue weighted by Crippen LogP contribution is -2.49. The maximum absolute atomic E-state index is 12.9. The van der Waals surface area contributed by atoms with E-state index in [9.17, 15) is 4.79 Å². The fraction of sp³-hybridized carbons (Fsp3) is 0.556. The highest BCUT2D eigenvalue weighted by Crippen LogP contribution is 2.29. The topological polar surface area (TPSA) is 62.5 Å². The van der Waals surface area contributed by atoms with Crippen LogP contribution in [0.15, 0.2) is 12.1 Å². The number of anilines is 1. The third kappa shape index (κ3) is 3.50. The standard InChI is InChI=1S/C18H24N4OS2/c1-12-10-13(11-15-16(12)20-18(19)25-15)17(23)22-4-2-14(3-5-22)21-6-8-24-9-7-21/h10-11,14H,2-9H2,1H3,(H2,19,20). The molecule has 2 saturated heterocycles. The summed E-state index contributed by atoms with van der Waals surface area (Å²) in [7, 11) is 0. The monoisotopic (exact) mass is 376 g/mol. The number of nitrogens with zero attached hydrogens (tertiary/aromatic N) is 3. The third-order valence-electron chi connectivity index (χ3n) is 5.26. The van der Waals surface area contributed by atoms with Gasteiger partial charge in [0.05, 0.1) is 10.2 Å². The van der Waals surface area contributed by atoms with Gasteiger partial charge in [0.2, 0.25) is 0 Å². The molecule has 1 amide bonds. The van der Waals surface area contributed by atoms with E-state index < -0.39 is 0 Å². The van der Waals surface area contributed by atoms with Gasteiger partial charge in [-0.2, -0.15) is 11.8 Å². The number of nitrogens with two attached hydrogens (primary N) is 1. The molecule has 0 spiro atoms. The van der Waals surface area contributed by atoms with Crippen LogP contribution in [0.3, 0.4) is 0 Å². The van der Waals surface area contributed by atoms with Gasteiger partial charge in [-0.3, -0.25) is 9.69 Å². The number of amides is 1. The number of fused-ring (bicyclic) bond motifs is 1. The Morgan fingerprint density at radius 3 is 2.64 bits per heavy atom. The minimum atomic E-state index is 0.143. The predicted octanol–water partition coefficient (Wildman–Crippen LogP) is 2.84. The molecule has 2 aliphatic heterocycles. The minimum Gasteiger partial charge on any atom is -0.375 e. The number of likely N-dealkylation sites (tertiary alicyclic amines) is 1. The van der Waals surface area contributed by atoms with Crippen molar-refractivity contribution in [2.75, 3.05) is 43.4 Å². The maximum Gasteiger partial charge on any atom is 0.253 e. The van der Waals surface area contributed by atoms with Crippen molar-refractivity contribution < 1.29 is 4.79 Å². The second-order valence-electron chi connectivity index (χ2n) is 6.86. The molecule has 1 aromatic heterocycles. The Morgan fingerprint density at radius 1 is 1.20 bits per heavy atom. The fourth-order valence-corrected chi connectivity index (χ4v) is 5.68. The van der Waals surface area contributed by atoms with E-state index in [2.05, 4.69) is 21.6 Å². The Labute approximate surface area is 156 Å². The highest BCUT2D eigenvalue weighted by molar-refractivity contribution is 7.99. The number of hydrogen-bond donors (Lipinski definition) is 1. The molecule has 2 N–H and O–H groups in total. The van der Waals surface area contributed by atoms with Crippen LogP contribution in [0, 0.1) is 6.92 Å². The summed E-state index contributed by atoms with van der Waals surface area (Å²) in [5, 5.41) is 0.559. The first-order valence-corrected chi connectivity index (χ1v) is 10.9. The van der Waals surface area contributed by atoms with Crippen LogP contribution in [0.4, 0.5) is 5.13 Å². The Bertz CT molecular complexity index is 777. The highest BCUT2D eigenvalue weighted by Gasteiger charge is 2.28. The number of rotatable bonds is 2. The van der Waals surface area contributed by atoms with E-state index in [0.29, 0.717) is 11.2 Å². The zero-order valence-corrected chi connectivity index (χ0v) is 16.2. The Hall–Kier alpha value is -1.31. The molecule has 0 aliphatic carbocycles. The molecule has 5 nitrogen and oxygen atoms in total. The van der Waals surface area contributed by atoms with Gasteiger partial charge in [-0.25, -0.2) is 4.98 Å².